The lowest BCUT2D eigenvalue weighted by atomic mass is 10.1. The highest BCUT2D eigenvalue weighted by Gasteiger charge is 2.08. The van der Waals surface area contributed by atoms with Crippen molar-refractivity contribution in [3.63, 3.8) is 0 Å². The zero-order valence-electron chi connectivity index (χ0n) is 7.17. The summed E-state index contributed by atoms with van der Waals surface area (Å²) < 4.78 is 0.995. The van der Waals surface area contributed by atoms with E-state index in [0.717, 1.165) is 15.6 Å². The van der Waals surface area contributed by atoms with Crippen LogP contribution < -0.4 is 0 Å². The summed E-state index contributed by atoms with van der Waals surface area (Å²) in [5.41, 5.74) is 2.19. The molecule has 0 aliphatic carbocycles. The number of thiophene rings is 1. The largest absolute Gasteiger partial charge is 0.506 e. The van der Waals surface area contributed by atoms with Crippen molar-refractivity contribution in [1.29, 1.82) is 0 Å². The fraction of sp³-hybridized carbons (Fsp3) is 0.200. The third-order valence-electron chi connectivity index (χ3n) is 2.14. The molecule has 13 heavy (non-hydrogen) atoms. The molecule has 0 unspecified atom stereocenters. The van der Waals surface area contributed by atoms with Crippen LogP contribution in [0.1, 0.15) is 11.1 Å². The molecule has 2 rings (SSSR count). The molecule has 0 spiro atoms. The Labute approximate surface area is 89.1 Å². The van der Waals surface area contributed by atoms with Gasteiger partial charge in [0.15, 0.2) is 0 Å². The van der Waals surface area contributed by atoms with Crippen molar-refractivity contribution < 1.29 is 5.11 Å². The smallest absolute Gasteiger partial charge is 0.137 e. The first-order valence-electron chi connectivity index (χ1n) is 3.98. The van der Waals surface area contributed by atoms with E-state index in [4.69, 9.17) is 0 Å². The summed E-state index contributed by atoms with van der Waals surface area (Å²) in [5.74, 6) is 0.424. The first kappa shape index (κ1) is 9.03. The molecule has 0 saturated heterocycles. The summed E-state index contributed by atoms with van der Waals surface area (Å²) in [6.07, 6.45) is 0. The zero-order chi connectivity index (χ0) is 9.42. The van der Waals surface area contributed by atoms with Gasteiger partial charge in [0.25, 0.3) is 0 Å². The third-order valence-corrected chi connectivity index (χ3v) is 3.67. The molecule has 1 N–H and O–H groups in total. The molecule has 1 nitrogen and oxygen atoms in total. The first-order valence-corrected chi connectivity index (χ1v) is 5.98. The highest BCUT2D eigenvalue weighted by Crippen LogP contribution is 2.36. The Hall–Kier alpha value is -0.540. The van der Waals surface area contributed by atoms with Gasteiger partial charge in [0, 0.05) is 10.9 Å². The minimum Gasteiger partial charge on any atom is -0.506 e. The molecule has 0 aliphatic rings. The number of rotatable bonds is 1. The molecule has 1 heterocycles. The van der Waals surface area contributed by atoms with E-state index in [1.165, 1.54) is 5.56 Å². The van der Waals surface area contributed by atoms with E-state index >= 15 is 0 Å². The van der Waals surface area contributed by atoms with Crippen LogP contribution in [0, 0.1) is 6.92 Å². The summed E-state index contributed by atoms with van der Waals surface area (Å²) in [6, 6.07) is 4.08. The van der Waals surface area contributed by atoms with Gasteiger partial charge in [0.1, 0.15) is 5.75 Å². The number of hydrogen-bond acceptors (Lipinski definition) is 2. The van der Waals surface area contributed by atoms with Gasteiger partial charge in [-0.15, -0.1) is 11.3 Å². The number of alkyl halides is 1. The topological polar surface area (TPSA) is 20.2 Å². The molecule has 0 atom stereocenters. The first-order chi connectivity index (χ1) is 6.24. The summed E-state index contributed by atoms with van der Waals surface area (Å²) >= 11 is 4.95. The van der Waals surface area contributed by atoms with Gasteiger partial charge >= 0.3 is 0 Å². The van der Waals surface area contributed by atoms with E-state index in [1.54, 1.807) is 11.3 Å². The Balaban J connectivity index is 2.85. The zero-order valence-corrected chi connectivity index (χ0v) is 9.58. The fourth-order valence-corrected chi connectivity index (χ4v) is 2.82. The molecular formula is C10H9BrOS. The minimum atomic E-state index is 0.424. The molecule has 1 aromatic heterocycles. The number of benzene rings is 1. The summed E-state index contributed by atoms with van der Waals surface area (Å²) in [5, 5.41) is 13.7. The van der Waals surface area contributed by atoms with Gasteiger partial charge in [-0.1, -0.05) is 22.0 Å². The Kier molecular flexibility index (Phi) is 2.30. The predicted octanol–water partition coefficient (Wildman–Crippen LogP) is 3.81. The summed E-state index contributed by atoms with van der Waals surface area (Å²) in [7, 11) is 0. The van der Waals surface area contributed by atoms with Crippen molar-refractivity contribution in [2.75, 3.05) is 0 Å². The highest BCUT2D eigenvalue weighted by atomic mass is 79.9. The molecule has 3 heteroatoms. The molecule has 68 valence electrons. The average molecular weight is 257 g/mol. The lowest BCUT2D eigenvalue weighted by Crippen LogP contribution is -1.82. The number of halogens is 1. The van der Waals surface area contributed by atoms with Crippen molar-refractivity contribution in [2.24, 2.45) is 0 Å². The van der Waals surface area contributed by atoms with Crippen LogP contribution in [0.25, 0.3) is 10.1 Å². The quantitative estimate of drug-likeness (QED) is 0.770. The molecule has 0 fully saturated rings. The second kappa shape index (κ2) is 3.31. The van der Waals surface area contributed by atoms with E-state index < -0.39 is 0 Å². The second-order valence-corrected chi connectivity index (χ2v) is 4.48. The lowest BCUT2D eigenvalue weighted by Gasteiger charge is -2.04. The molecule has 2 aromatic rings. The van der Waals surface area contributed by atoms with Gasteiger partial charge in [-0.3, -0.25) is 0 Å². The summed E-state index contributed by atoms with van der Waals surface area (Å²) in [4.78, 5) is 0. The van der Waals surface area contributed by atoms with Crippen LogP contribution in [-0.4, -0.2) is 5.11 Å². The Bertz CT molecular complexity index is 447. The van der Waals surface area contributed by atoms with Crippen LogP contribution >= 0.6 is 27.3 Å². The van der Waals surface area contributed by atoms with Crippen molar-refractivity contribution in [3.05, 3.63) is 28.6 Å². The molecule has 0 saturated carbocycles. The van der Waals surface area contributed by atoms with Gasteiger partial charge in [-0.2, -0.15) is 0 Å². The highest BCUT2D eigenvalue weighted by molar-refractivity contribution is 9.08. The predicted molar refractivity (Wildman–Crippen MR) is 60.9 cm³/mol. The molecular weight excluding hydrogens is 248 g/mol. The molecule has 0 bridgehead atoms. The number of phenols is 1. The molecule has 0 amide bonds. The van der Waals surface area contributed by atoms with Crippen molar-refractivity contribution in [3.8, 4) is 5.75 Å². The summed E-state index contributed by atoms with van der Waals surface area (Å²) in [6.45, 7) is 2.07. The number of fused-ring (bicyclic) bond motifs is 1. The molecule has 0 radical (unpaired) electrons. The van der Waals surface area contributed by atoms with Crippen molar-refractivity contribution in [2.45, 2.75) is 12.3 Å². The van der Waals surface area contributed by atoms with Crippen LogP contribution in [0.5, 0.6) is 5.75 Å². The monoisotopic (exact) mass is 256 g/mol. The fourth-order valence-electron chi connectivity index (χ4n) is 1.46. The number of phenolic OH excluding ortho intramolecular Hbond substituents is 1. The van der Waals surface area contributed by atoms with E-state index in [2.05, 4.69) is 22.9 Å². The van der Waals surface area contributed by atoms with E-state index in [1.807, 2.05) is 17.5 Å². The second-order valence-electron chi connectivity index (χ2n) is 3.00. The number of hydrogen-bond donors (Lipinski definition) is 1. The molecule has 1 aromatic carbocycles. The van der Waals surface area contributed by atoms with E-state index in [9.17, 15) is 5.11 Å². The van der Waals surface area contributed by atoms with Gasteiger partial charge in [0.05, 0.1) is 4.70 Å². The standard InChI is InChI=1S/C10H9BrOS/c1-6-4-7(5-11)9(12)10-8(6)2-3-13-10/h2-4,12H,5H2,1H3. The Morgan fingerprint density at radius 2 is 2.31 bits per heavy atom. The SMILES string of the molecule is Cc1cc(CBr)c(O)c2sccc12. The maximum atomic E-state index is 9.84. The van der Waals surface area contributed by atoms with Crippen molar-refractivity contribution >= 4 is 37.4 Å². The van der Waals surface area contributed by atoms with E-state index in [0.29, 0.717) is 11.1 Å². The van der Waals surface area contributed by atoms with Crippen LogP contribution in [0.15, 0.2) is 17.5 Å². The molecule has 0 aliphatic heterocycles. The van der Waals surface area contributed by atoms with Crippen molar-refractivity contribution in [1.82, 2.24) is 0 Å². The number of aromatic hydroxyl groups is 1. The average Bonchev–Trinajstić information content (AvgIpc) is 2.60. The van der Waals surface area contributed by atoms with E-state index in [-0.39, 0.29) is 0 Å². The Morgan fingerprint density at radius 1 is 1.54 bits per heavy atom. The van der Waals surface area contributed by atoms with Gasteiger partial charge in [-0.25, -0.2) is 0 Å². The van der Waals surface area contributed by atoms with Crippen LogP contribution in [-0.2, 0) is 5.33 Å². The van der Waals surface area contributed by atoms with Gasteiger partial charge < -0.3 is 5.11 Å². The number of aryl methyl sites for hydroxylation is 1. The maximum Gasteiger partial charge on any atom is 0.137 e. The van der Waals surface area contributed by atoms with Crippen LogP contribution in [0.3, 0.4) is 0 Å². The maximum absolute atomic E-state index is 9.84. The normalized spacial score (nSPS) is 10.9. The third kappa shape index (κ3) is 1.36. The van der Waals surface area contributed by atoms with Crippen LogP contribution in [0.4, 0.5) is 0 Å². The Morgan fingerprint density at radius 3 is 3.00 bits per heavy atom. The minimum absolute atomic E-state index is 0.424. The lowest BCUT2D eigenvalue weighted by molar-refractivity contribution is 0.478. The van der Waals surface area contributed by atoms with Gasteiger partial charge in [-0.05, 0) is 29.3 Å². The van der Waals surface area contributed by atoms with Crippen LogP contribution in [0.2, 0.25) is 0 Å². The van der Waals surface area contributed by atoms with Gasteiger partial charge in [0.2, 0.25) is 0 Å².